The van der Waals surface area contributed by atoms with Crippen molar-refractivity contribution < 1.29 is 8.42 Å². The van der Waals surface area contributed by atoms with Gasteiger partial charge in [0.25, 0.3) is 0 Å². The van der Waals surface area contributed by atoms with Gasteiger partial charge in [0.2, 0.25) is 10.0 Å². The van der Waals surface area contributed by atoms with Crippen molar-refractivity contribution in [1.29, 1.82) is 0 Å². The smallest absolute Gasteiger partial charge is 0.244 e. The summed E-state index contributed by atoms with van der Waals surface area (Å²) in [5.41, 5.74) is 0.907. The topological polar surface area (TPSA) is 49.4 Å². The molecule has 1 aromatic rings. The van der Waals surface area contributed by atoms with Gasteiger partial charge < -0.3 is 5.32 Å². The Balaban J connectivity index is 3.15. The number of rotatable bonds is 6. The van der Waals surface area contributed by atoms with Crippen LogP contribution in [0.3, 0.4) is 0 Å². The first-order valence-electron chi connectivity index (χ1n) is 5.89. The molecule has 0 saturated carbocycles. The Hall–Kier alpha value is -0.620. The maximum absolute atomic E-state index is 12.2. The number of sulfonamides is 1. The van der Waals surface area contributed by atoms with E-state index in [0.717, 1.165) is 12.1 Å². The van der Waals surface area contributed by atoms with Crippen molar-refractivity contribution in [3.63, 3.8) is 0 Å². The van der Waals surface area contributed by atoms with Gasteiger partial charge in [-0.05, 0) is 24.2 Å². The minimum atomic E-state index is -3.49. The van der Waals surface area contributed by atoms with E-state index < -0.39 is 10.0 Å². The quantitative estimate of drug-likeness (QED) is 0.873. The van der Waals surface area contributed by atoms with Crippen LogP contribution >= 0.6 is 11.6 Å². The van der Waals surface area contributed by atoms with Crippen LogP contribution in [0.2, 0.25) is 5.02 Å². The Morgan fingerprint density at radius 1 is 1.33 bits per heavy atom. The SMILES string of the molecule is CCNCc1ccc(Cl)c(S(=O)(=O)N(C)CC)c1. The van der Waals surface area contributed by atoms with Crippen LogP contribution in [0.4, 0.5) is 0 Å². The Morgan fingerprint density at radius 3 is 2.56 bits per heavy atom. The van der Waals surface area contributed by atoms with Crippen molar-refractivity contribution in [3.05, 3.63) is 28.8 Å². The molecule has 0 radical (unpaired) electrons. The highest BCUT2D eigenvalue weighted by Crippen LogP contribution is 2.25. The monoisotopic (exact) mass is 290 g/mol. The largest absolute Gasteiger partial charge is 0.313 e. The molecule has 18 heavy (non-hydrogen) atoms. The van der Waals surface area contributed by atoms with Crippen LogP contribution in [0.25, 0.3) is 0 Å². The van der Waals surface area contributed by atoms with E-state index in [2.05, 4.69) is 5.32 Å². The molecule has 0 fully saturated rings. The first-order valence-corrected chi connectivity index (χ1v) is 7.70. The molecule has 0 aliphatic rings. The lowest BCUT2D eigenvalue weighted by molar-refractivity contribution is 0.486. The number of nitrogens with zero attached hydrogens (tertiary/aromatic N) is 1. The van der Waals surface area contributed by atoms with E-state index in [1.54, 1.807) is 26.1 Å². The summed E-state index contributed by atoms with van der Waals surface area (Å²) < 4.78 is 25.7. The second-order valence-corrected chi connectivity index (χ2v) is 6.38. The van der Waals surface area contributed by atoms with Crippen LogP contribution in [0.5, 0.6) is 0 Å². The molecule has 0 unspecified atom stereocenters. The van der Waals surface area contributed by atoms with E-state index in [1.165, 1.54) is 4.31 Å². The standard InChI is InChI=1S/C12H19ClN2O2S/c1-4-14-9-10-6-7-11(13)12(8-10)18(16,17)15(3)5-2/h6-8,14H,4-5,9H2,1-3H3. The van der Waals surface area contributed by atoms with E-state index in [9.17, 15) is 8.42 Å². The molecule has 1 N–H and O–H groups in total. The fourth-order valence-electron chi connectivity index (χ4n) is 1.46. The normalized spacial score (nSPS) is 12.1. The molecule has 0 bridgehead atoms. The summed E-state index contributed by atoms with van der Waals surface area (Å²) in [7, 11) is -1.95. The zero-order valence-corrected chi connectivity index (χ0v) is 12.5. The molecule has 4 nitrogen and oxygen atoms in total. The molecule has 0 amide bonds. The highest BCUT2D eigenvalue weighted by Gasteiger charge is 2.22. The predicted octanol–water partition coefficient (Wildman–Crippen LogP) is 2.09. The predicted molar refractivity (Wildman–Crippen MR) is 74.3 cm³/mol. The van der Waals surface area contributed by atoms with Gasteiger partial charge in [-0.1, -0.05) is 31.5 Å². The van der Waals surface area contributed by atoms with Crippen LogP contribution < -0.4 is 5.32 Å². The molecule has 0 heterocycles. The summed E-state index contributed by atoms with van der Waals surface area (Å²) in [6, 6.07) is 5.09. The fourth-order valence-corrected chi connectivity index (χ4v) is 3.16. The summed E-state index contributed by atoms with van der Waals surface area (Å²) in [6.07, 6.45) is 0. The van der Waals surface area contributed by atoms with Crippen LogP contribution in [-0.4, -0.2) is 32.9 Å². The van der Waals surface area contributed by atoms with Gasteiger partial charge in [0.05, 0.1) is 5.02 Å². The Labute approximate surface area is 114 Å². The van der Waals surface area contributed by atoms with Gasteiger partial charge in [0.1, 0.15) is 4.90 Å². The third kappa shape index (κ3) is 3.45. The van der Waals surface area contributed by atoms with Crippen LogP contribution in [0.1, 0.15) is 19.4 Å². The van der Waals surface area contributed by atoms with Gasteiger partial charge in [-0.3, -0.25) is 0 Å². The second-order valence-electron chi connectivity index (χ2n) is 3.96. The lowest BCUT2D eigenvalue weighted by atomic mass is 10.2. The molecule has 1 aromatic carbocycles. The van der Waals surface area contributed by atoms with Crippen LogP contribution in [-0.2, 0) is 16.6 Å². The van der Waals surface area contributed by atoms with Crippen molar-refractivity contribution >= 4 is 21.6 Å². The average Bonchev–Trinajstić information content (AvgIpc) is 2.36. The van der Waals surface area contributed by atoms with Crippen molar-refractivity contribution in [2.75, 3.05) is 20.1 Å². The number of hydrogen-bond acceptors (Lipinski definition) is 3. The average molecular weight is 291 g/mol. The summed E-state index contributed by atoms with van der Waals surface area (Å²) in [6.45, 7) is 5.66. The Morgan fingerprint density at radius 2 is 2.00 bits per heavy atom. The van der Waals surface area contributed by atoms with Gasteiger partial charge in [-0.25, -0.2) is 12.7 Å². The number of benzene rings is 1. The minimum absolute atomic E-state index is 0.170. The van der Waals surface area contributed by atoms with Crippen molar-refractivity contribution in [1.82, 2.24) is 9.62 Å². The van der Waals surface area contributed by atoms with Gasteiger partial charge in [0.15, 0.2) is 0 Å². The van der Waals surface area contributed by atoms with Crippen LogP contribution in [0.15, 0.2) is 23.1 Å². The minimum Gasteiger partial charge on any atom is -0.313 e. The van der Waals surface area contributed by atoms with E-state index in [4.69, 9.17) is 11.6 Å². The third-order valence-electron chi connectivity index (χ3n) is 2.71. The molecular weight excluding hydrogens is 272 g/mol. The van der Waals surface area contributed by atoms with E-state index in [-0.39, 0.29) is 9.92 Å². The van der Waals surface area contributed by atoms with E-state index in [0.29, 0.717) is 13.1 Å². The van der Waals surface area contributed by atoms with Crippen molar-refractivity contribution in [3.8, 4) is 0 Å². The molecule has 0 aliphatic carbocycles. The maximum Gasteiger partial charge on any atom is 0.244 e. The highest BCUT2D eigenvalue weighted by molar-refractivity contribution is 7.89. The molecule has 0 aromatic heterocycles. The van der Waals surface area contributed by atoms with Crippen molar-refractivity contribution in [2.24, 2.45) is 0 Å². The molecular formula is C12H19ClN2O2S. The fraction of sp³-hybridized carbons (Fsp3) is 0.500. The van der Waals surface area contributed by atoms with E-state index >= 15 is 0 Å². The van der Waals surface area contributed by atoms with Gasteiger partial charge in [-0.15, -0.1) is 0 Å². The molecule has 1 rings (SSSR count). The molecule has 6 heteroatoms. The number of halogens is 1. The van der Waals surface area contributed by atoms with Gasteiger partial charge in [-0.2, -0.15) is 0 Å². The first kappa shape index (κ1) is 15.4. The summed E-state index contributed by atoms with van der Waals surface area (Å²) in [5, 5.41) is 3.41. The lowest BCUT2D eigenvalue weighted by Crippen LogP contribution is -2.27. The molecule has 102 valence electrons. The van der Waals surface area contributed by atoms with Crippen LogP contribution in [0, 0.1) is 0 Å². The van der Waals surface area contributed by atoms with Gasteiger partial charge >= 0.3 is 0 Å². The van der Waals surface area contributed by atoms with Gasteiger partial charge in [0, 0.05) is 20.1 Å². The molecule has 0 saturated heterocycles. The number of hydrogen-bond donors (Lipinski definition) is 1. The number of nitrogens with one attached hydrogen (secondary N) is 1. The second kappa shape index (κ2) is 6.52. The molecule has 0 atom stereocenters. The summed E-state index contributed by atoms with van der Waals surface area (Å²) in [4.78, 5) is 0.170. The van der Waals surface area contributed by atoms with Crippen molar-refractivity contribution in [2.45, 2.75) is 25.3 Å². The van der Waals surface area contributed by atoms with E-state index in [1.807, 2.05) is 13.0 Å². The third-order valence-corrected chi connectivity index (χ3v) is 5.12. The molecule has 0 spiro atoms. The zero-order chi connectivity index (χ0) is 13.8. The lowest BCUT2D eigenvalue weighted by Gasteiger charge is -2.16. The Bertz CT molecular complexity index is 503. The zero-order valence-electron chi connectivity index (χ0n) is 10.9. The maximum atomic E-state index is 12.2. The summed E-state index contributed by atoms with van der Waals surface area (Å²) in [5.74, 6) is 0. The summed E-state index contributed by atoms with van der Waals surface area (Å²) >= 11 is 5.99. The highest BCUT2D eigenvalue weighted by atomic mass is 35.5. The Kier molecular flexibility index (Phi) is 5.59. The molecule has 0 aliphatic heterocycles. The first-order chi connectivity index (χ1) is 8.43.